The average molecular weight is 438 g/mol. The number of rotatable bonds is 7. The molecule has 0 radical (unpaired) electrons. The van der Waals surface area contributed by atoms with Crippen molar-refractivity contribution in [2.24, 2.45) is 11.0 Å². The van der Waals surface area contributed by atoms with Crippen LogP contribution < -0.4 is 10.7 Å². The van der Waals surface area contributed by atoms with Crippen LogP contribution in [0.15, 0.2) is 59.7 Å². The Kier molecular flexibility index (Phi) is 7.26. The van der Waals surface area contributed by atoms with E-state index in [1.54, 1.807) is 6.21 Å². The smallest absolute Gasteiger partial charge is 0.271 e. The molecule has 7 heteroatoms. The van der Waals surface area contributed by atoms with E-state index in [0.717, 1.165) is 28.4 Å². The fourth-order valence-corrected chi connectivity index (χ4v) is 3.23. The van der Waals surface area contributed by atoms with E-state index in [1.165, 1.54) is 18.2 Å². The number of hydrazone groups is 1. The molecule has 0 aliphatic rings. The first-order valence-corrected chi connectivity index (χ1v) is 10.4. The molecule has 3 rings (SSSR count). The summed E-state index contributed by atoms with van der Waals surface area (Å²) in [5, 5.41) is 18.4. The van der Waals surface area contributed by atoms with E-state index in [0.29, 0.717) is 12.3 Å². The average Bonchev–Trinajstić information content (AvgIpc) is 2.75. The van der Waals surface area contributed by atoms with Gasteiger partial charge in [0.2, 0.25) is 5.91 Å². The van der Waals surface area contributed by atoms with Crippen molar-refractivity contribution >= 4 is 46.1 Å². The topological polar surface area (TPSA) is 90.8 Å². The maximum absolute atomic E-state index is 12.3. The summed E-state index contributed by atoms with van der Waals surface area (Å²) >= 11 is 5.84. The monoisotopic (exact) mass is 437 g/mol. The molecule has 0 heterocycles. The highest BCUT2D eigenvalue weighted by molar-refractivity contribution is 6.32. The van der Waals surface area contributed by atoms with E-state index in [4.69, 9.17) is 11.6 Å². The van der Waals surface area contributed by atoms with Crippen molar-refractivity contribution in [3.8, 4) is 5.75 Å². The number of hydrogen-bond donors (Lipinski definition) is 3. The number of fused-ring (bicyclic) bond motifs is 1. The van der Waals surface area contributed by atoms with Crippen LogP contribution in [0.1, 0.15) is 42.6 Å². The lowest BCUT2D eigenvalue weighted by atomic mass is 10.0. The van der Waals surface area contributed by atoms with Gasteiger partial charge in [-0.3, -0.25) is 9.59 Å². The van der Waals surface area contributed by atoms with Crippen LogP contribution in [-0.4, -0.2) is 23.1 Å². The molecule has 160 valence electrons. The first kappa shape index (κ1) is 22.3. The Balaban J connectivity index is 1.76. The van der Waals surface area contributed by atoms with Crippen LogP contribution in [0.4, 0.5) is 5.69 Å². The molecule has 3 aromatic carbocycles. The lowest BCUT2D eigenvalue weighted by Gasteiger charge is -2.11. The number of amides is 2. The van der Waals surface area contributed by atoms with Crippen LogP contribution >= 0.6 is 11.6 Å². The second kappa shape index (κ2) is 10.1. The van der Waals surface area contributed by atoms with Gasteiger partial charge in [0.15, 0.2) is 0 Å². The van der Waals surface area contributed by atoms with Crippen molar-refractivity contribution in [3.05, 3.63) is 70.7 Å². The number of nitrogens with zero attached hydrogens (tertiary/aromatic N) is 1. The maximum atomic E-state index is 12.3. The summed E-state index contributed by atoms with van der Waals surface area (Å²) in [6.45, 7) is 4.18. The Morgan fingerprint density at radius 1 is 1.10 bits per heavy atom. The van der Waals surface area contributed by atoms with Gasteiger partial charge in [-0.15, -0.1) is 0 Å². The maximum Gasteiger partial charge on any atom is 0.271 e. The third kappa shape index (κ3) is 5.83. The summed E-state index contributed by atoms with van der Waals surface area (Å²) in [6, 6.07) is 15.5. The number of phenols is 1. The number of carbonyl (C=O) groups is 2. The number of benzene rings is 3. The number of nitrogens with one attached hydrogen (secondary N) is 2. The van der Waals surface area contributed by atoms with E-state index in [9.17, 15) is 14.7 Å². The lowest BCUT2D eigenvalue weighted by molar-refractivity contribution is -0.116. The van der Waals surface area contributed by atoms with Gasteiger partial charge >= 0.3 is 0 Å². The normalized spacial score (nSPS) is 11.2. The second-order valence-electron chi connectivity index (χ2n) is 7.59. The fourth-order valence-electron chi connectivity index (χ4n) is 3.05. The summed E-state index contributed by atoms with van der Waals surface area (Å²) < 4.78 is 0. The van der Waals surface area contributed by atoms with Crippen LogP contribution in [0.25, 0.3) is 10.8 Å². The minimum Gasteiger partial charge on any atom is -0.506 e. The van der Waals surface area contributed by atoms with Crippen molar-refractivity contribution in [1.82, 2.24) is 5.43 Å². The van der Waals surface area contributed by atoms with E-state index in [2.05, 4.69) is 29.7 Å². The van der Waals surface area contributed by atoms with Gasteiger partial charge in [0.1, 0.15) is 5.75 Å². The largest absolute Gasteiger partial charge is 0.506 e. The highest BCUT2D eigenvalue weighted by atomic mass is 35.5. The Morgan fingerprint density at radius 2 is 1.84 bits per heavy atom. The van der Waals surface area contributed by atoms with Gasteiger partial charge < -0.3 is 10.4 Å². The summed E-state index contributed by atoms with van der Waals surface area (Å²) in [4.78, 5) is 24.5. The number of hydrogen-bond acceptors (Lipinski definition) is 4. The first-order chi connectivity index (χ1) is 14.8. The van der Waals surface area contributed by atoms with E-state index in [1.807, 2.05) is 36.4 Å². The molecular weight excluding hydrogens is 414 g/mol. The van der Waals surface area contributed by atoms with Crippen LogP contribution in [0.5, 0.6) is 5.75 Å². The van der Waals surface area contributed by atoms with Gasteiger partial charge in [0.25, 0.3) is 5.91 Å². The van der Waals surface area contributed by atoms with Gasteiger partial charge in [-0.1, -0.05) is 55.8 Å². The van der Waals surface area contributed by atoms with Gasteiger partial charge in [-0.2, -0.15) is 5.10 Å². The molecular formula is C24H24ClN3O3. The predicted molar refractivity (Wildman–Crippen MR) is 125 cm³/mol. The fraction of sp³-hybridized carbons (Fsp3) is 0.208. The molecule has 0 fully saturated rings. The summed E-state index contributed by atoms with van der Waals surface area (Å²) in [6.07, 6.45) is 2.86. The van der Waals surface area contributed by atoms with Crippen LogP contribution in [0.3, 0.4) is 0 Å². The first-order valence-electron chi connectivity index (χ1n) is 9.98. The van der Waals surface area contributed by atoms with Gasteiger partial charge in [0, 0.05) is 28.6 Å². The molecule has 0 saturated heterocycles. The standard InChI is InChI=1S/C24H24ClN3O3/c1-15(2)7-12-23(30)27-21-10-8-17(18-5-3-4-6-19(18)21)14-26-28-24(31)16-9-11-22(29)20(25)13-16/h3-6,8-11,13-15,29H,7,12H2,1-2H3,(H,27,30)(H,28,31)/b26-14+. The molecule has 0 atom stereocenters. The molecule has 0 unspecified atom stereocenters. The zero-order valence-corrected chi connectivity index (χ0v) is 18.1. The third-order valence-corrected chi connectivity index (χ3v) is 5.06. The lowest BCUT2D eigenvalue weighted by Crippen LogP contribution is -2.17. The second-order valence-corrected chi connectivity index (χ2v) is 8.00. The van der Waals surface area contributed by atoms with E-state index < -0.39 is 5.91 Å². The van der Waals surface area contributed by atoms with Gasteiger partial charge in [-0.05, 0) is 42.0 Å². The Morgan fingerprint density at radius 3 is 2.55 bits per heavy atom. The van der Waals surface area contributed by atoms with Crippen molar-refractivity contribution in [2.45, 2.75) is 26.7 Å². The van der Waals surface area contributed by atoms with Crippen LogP contribution in [-0.2, 0) is 4.79 Å². The highest BCUT2D eigenvalue weighted by Gasteiger charge is 2.10. The third-order valence-electron chi connectivity index (χ3n) is 4.76. The summed E-state index contributed by atoms with van der Waals surface area (Å²) in [7, 11) is 0. The molecule has 0 aromatic heterocycles. The van der Waals surface area contributed by atoms with Crippen LogP contribution in [0.2, 0.25) is 5.02 Å². The van der Waals surface area contributed by atoms with Gasteiger partial charge in [-0.25, -0.2) is 5.43 Å². The molecule has 0 aliphatic heterocycles. The number of aromatic hydroxyl groups is 1. The predicted octanol–water partition coefficient (Wildman–Crippen LogP) is 5.34. The van der Waals surface area contributed by atoms with Crippen molar-refractivity contribution in [2.75, 3.05) is 5.32 Å². The SMILES string of the molecule is CC(C)CCC(=O)Nc1ccc(/C=N/NC(=O)c2ccc(O)c(Cl)c2)c2ccccc12. The molecule has 6 nitrogen and oxygen atoms in total. The highest BCUT2D eigenvalue weighted by Crippen LogP contribution is 2.26. The van der Waals surface area contributed by atoms with E-state index in [-0.39, 0.29) is 22.2 Å². The number of carbonyl (C=O) groups excluding carboxylic acids is 2. The molecule has 0 bridgehead atoms. The van der Waals surface area contributed by atoms with E-state index >= 15 is 0 Å². The molecule has 31 heavy (non-hydrogen) atoms. The quantitative estimate of drug-likeness (QED) is 0.344. The Labute approximate surface area is 185 Å². The molecule has 0 spiro atoms. The Bertz CT molecular complexity index is 1140. The Hall–Kier alpha value is -3.38. The zero-order valence-electron chi connectivity index (χ0n) is 17.4. The van der Waals surface area contributed by atoms with Crippen molar-refractivity contribution < 1.29 is 14.7 Å². The van der Waals surface area contributed by atoms with Crippen molar-refractivity contribution in [3.63, 3.8) is 0 Å². The molecule has 3 N–H and O–H groups in total. The van der Waals surface area contributed by atoms with Gasteiger partial charge in [0.05, 0.1) is 11.2 Å². The number of anilines is 1. The molecule has 0 saturated carbocycles. The van der Waals surface area contributed by atoms with Crippen LogP contribution in [0, 0.1) is 5.92 Å². The summed E-state index contributed by atoms with van der Waals surface area (Å²) in [5.74, 6) is -0.0879. The molecule has 3 aromatic rings. The summed E-state index contributed by atoms with van der Waals surface area (Å²) in [5.41, 5.74) is 4.27. The molecule has 2 amide bonds. The zero-order chi connectivity index (χ0) is 22.4. The van der Waals surface area contributed by atoms with Crippen molar-refractivity contribution in [1.29, 1.82) is 0 Å². The minimum absolute atomic E-state index is 0.0138. The number of halogens is 1. The molecule has 0 aliphatic carbocycles. The number of phenolic OH excluding ortho intramolecular Hbond substituents is 1. The minimum atomic E-state index is -0.448.